The summed E-state index contributed by atoms with van der Waals surface area (Å²) in [6.45, 7) is 0.142. The fourth-order valence-corrected chi connectivity index (χ4v) is 5.31. The summed E-state index contributed by atoms with van der Waals surface area (Å²) in [5, 5.41) is 14.6. The van der Waals surface area contributed by atoms with E-state index >= 15 is 0 Å². The summed E-state index contributed by atoms with van der Waals surface area (Å²) < 4.78 is 57.7. The summed E-state index contributed by atoms with van der Waals surface area (Å²) in [6.07, 6.45) is -3.51. The molecule has 3 amide bonds. The first-order valence-electron chi connectivity index (χ1n) is 12.4. The highest BCUT2D eigenvalue weighted by Crippen LogP contribution is 2.40. The van der Waals surface area contributed by atoms with Gasteiger partial charge in [-0.25, -0.2) is 9.37 Å². The van der Waals surface area contributed by atoms with Gasteiger partial charge in [-0.3, -0.25) is 14.4 Å². The van der Waals surface area contributed by atoms with Crippen molar-refractivity contribution >= 4 is 45.0 Å². The van der Waals surface area contributed by atoms with Crippen LogP contribution < -0.4 is 15.4 Å². The van der Waals surface area contributed by atoms with Gasteiger partial charge in [0.05, 0.1) is 16.8 Å². The fraction of sp³-hybridized carbons (Fsp3) is 0.385. The number of aryl methyl sites for hydroxylation is 1. The first-order chi connectivity index (χ1) is 19.0. The average Bonchev–Trinajstić information content (AvgIpc) is 3.28. The van der Waals surface area contributed by atoms with Gasteiger partial charge in [-0.2, -0.15) is 13.2 Å². The summed E-state index contributed by atoms with van der Waals surface area (Å²) in [7, 11) is 0. The van der Waals surface area contributed by atoms with Crippen LogP contribution in [0.2, 0.25) is 0 Å². The number of fused-ring (bicyclic) bond motifs is 1. The summed E-state index contributed by atoms with van der Waals surface area (Å²) in [6, 6.07) is 5.90. The Morgan fingerprint density at radius 2 is 1.82 bits per heavy atom. The first-order valence-corrected chi connectivity index (χ1v) is 13.2. The number of amides is 3. The highest BCUT2D eigenvalue weighted by molar-refractivity contribution is 7.21. The second-order valence-electron chi connectivity index (χ2n) is 9.10. The molecule has 9 nitrogen and oxygen atoms in total. The third kappa shape index (κ3) is 6.86. The number of likely N-dealkylation sites (tertiary alicyclic amines) is 1. The van der Waals surface area contributed by atoms with Gasteiger partial charge in [-0.05, 0) is 49.6 Å². The van der Waals surface area contributed by atoms with E-state index in [4.69, 9.17) is 9.84 Å². The molecule has 0 saturated carbocycles. The highest BCUT2D eigenvalue weighted by Gasteiger charge is 2.32. The second kappa shape index (κ2) is 12.2. The highest BCUT2D eigenvalue weighted by atomic mass is 32.1. The number of nitrogens with zero attached hydrogens (tertiary/aromatic N) is 2. The van der Waals surface area contributed by atoms with Crippen LogP contribution in [0.5, 0.6) is 5.75 Å². The molecular weight excluding hydrogens is 556 g/mol. The van der Waals surface area contributed by atoms with E-state index in [9.17, 15) is 31.9 Å². The van der Waals surface area contributed by atoms with Gasteiger partial charge < -0.3 is 25.4 Å². The van der Waals surface area contributed by atoms with Crippen LogP contribution in [0.15, 0.2) is 30.3 Å². The number of nitrogens with one attached hydrogen (secondary N) is 2. The molecule has 0 aliphatic carbocycles. The Bertz CT molecular complexity index is 1400. The van der Waals surface area contributed by atoms with Crippen molar-refractivity contribution in [1.82, 2.24) is 15.2 Å². The van der Waals surface area contributed by atoms with Gasteiger partial charge in [0.2, 0.25) is 5.91 Å². The number of anilines is 1. The average molecular weight is 583 g/mol. The molecule has 40 heavy (non-hydrogen) atoms. The number of carbonyl (C=O) groups is 3. The zero-order valence-corrected chi connectivity index (χ0v) is 22.1. The number of halogens is 4. The number of piperidine rings is 1. The molecule has 0 radical (unpaired) electrons. The molecule has 1 aromatic carbocycles. The summed E-state index contributed by atoms with van der Waals surface area (Å²) in [5.41, 5.74) is 0.806. The standard InChI is InChI=1S/C26H26F4N4O5S/c1-2-18-19(32-23(37)14-3-5-15(27)6-4-14)11-17-21(39-13-26(28,29)30)22(40-25(17)33-18)24(38)31-16-7-9-34(10-8-16)20(36)12-35/h3-6,11,16,35H,2,7-10,12-13H2,1H3,(H,31,38)(H,32,37). The minimum atomic E-state index is -4.68. The van der Waals surface area contributed by atoms with Crippen LogP contribution in [-0.4, -0.2) is 71.2 Å². The van der Waals surface area contributed by atoms with E-state index in [1.54, 1.807) is 6.92 Å². The van der Waals surface area contributed by atoms with Crippen molar-refractivity contribution in [3.8, 4) is 5.75 Å². The first kappa shape index (κ1) is 29.2. The maximum atomic E-state index is 13.3. The van der Waals surface area contributed by atoms with Crippen LogP contribution in [0.1, 0.15) is 45.5 Å². The van der Waals surface area contributed by atoms with E-state index < -0.39 is 42.9 Å². The van der Waals surface area contributed by atoms with E-state index in [0.717, 1.165) is 23.5 Å². The van der Waals surface area contributed by atoms with E-state index in [2.05, 4.69) is 15.6 Å². The van der Waals surface area contributed by atoms with Crippen molar-refractivity contribution in [2.45, 2.75) is 38.4 Å². The number of aliphatic hydroxyl groups is 1. The van der Waals surface area contributed by atoms with E-state index in [1.807, 2.05) is 0 Å². The molecule has 3 heterocycles. The number of ether oxygens (including phenoxy) is 1. The number of carbonyl (C=O) groups excluding carboxylic acids is 3. The Morgan fingerprint density at radius 3 is 2.42 bits per heavy atom. The molecule has 0 atom stereocenters. The van der Waals surface area contributed by atoms with Gasteiger partial charge in [0.25, 0.3) is 11.8 Å². The van der Waals surface area contributed by atoms with E-state index in [0.29, 0.717) is 38.0 Å². The maximum absolute atomic E-state index is 13.3. The lowest BCUT2D eigenvalue weighted by Gasteiger charge is -2.32. The van der Waals surface area contributed by atoms with Crippen LogP contribution >= 0.6 is 11.3 Å². The monoisotopic (exact) mass is 582 g/mol. The molecule has 4 rings (SSSR count). The Balaban J connectivity index is 1.64. The van der Waals surface area contributed by atoms with Crippen molar-refractivity contribution in [2.75, 3.05) is 31.6 Å². The van der Waals surface area contributed by atoms with Crippen molar-refractivity contribution in [3.63, 3.8) is 0 Å². The Kier molecular flexibility index (Phi) is 8.88. The number of aromatic nitrogens is 1. The van der Waals surface area contributed by atoms with Crippen molar-refractivity contribution in [3.05, 3.63) is 52.3 Å². The summed E-state index contributed by atoms with van der Waals surface area (Å²) >= 11 is 0.868. The largest absolute Gasteiger partial charge is 0.482 e. The lowest BCUT2D eigenvalue weighted by atomic mass is 10.0. The molecule has 2 aromatic heterocycles. The maximum Gasteiger partial charge on any atom is 0.422 e. The topological polar surface area (TPSA) is 121 Å². The fourth-order valence-electron chi connectivity index (χ4n) is 4.28. The van der Waals surface area contributed by atoms with Gasteiger partial charge >= 0.3 is 6.18 Å². The van der Waals surface area contributed by atoms with Crippen molar-refractivity contribution in [2.24, 2.45) is 0 Å². The minimum absolute atomic E-state index is 0.107. The Morgan fingerprint density at radius 1 is 1.15 bits per heavy atom. The van der Waals surface area contributed by atoms with Gasteiger partial charge in [-0.1, -0.05) is 6.92 Å². The van der Waals surface area contributed by atoms with Crippen molar-refractivity contribution in [1.29, 1.82) is 0 Å². The third-order valence-electron chi connectivity index (χ3n) is 6.31. The predicted octanol–water partition coefficient (Wildman–Crippen LogP) is 3.90. The summed E-state index contributed by atoms with van der Waals surface area (Å²) in [4.78, 5) is 43.8. The molecule has 3 N–H and O–H groups in total. The smallest absolute Gasteiger partial charge is 0.422 e. The van der Waals surface area contributed by atoms with Gasteiger partial charge in [0.1, 0.15) is 22.1 Å². The number of alkyl halides is 3. The molecule has 3 aromatic rings. The molecule has 0 spiro atoms. The number of pyridine rings is 1. The zero-order chi connectivity index (χ0) is 29.0. The normalized spacial score (nSPS) is 14.3. The van der Waals surface area contributed by atoms with Crippen LogP contribution in [0.3, 0.4) is 0 Å². The van der Waals surface area contributed by atoms with E-state index in [1.165, 1.54) is 23.1 Å². The minimum Gasteiger partial charge on any atom is -0.482 e. The summed E-state index contributed by atoms with van der Waals surface area (Å²) in [5.74, 6) is -2.48. The number of hydrogen-bond donors (Lipinski definition) is 3. The SMILES string of the molecule is CCc1nc2sc(C(=O)NC3CCN(C(=O)CO)CC3)c(OCC(F)(F)F)c2cc1NC(=O)c1ccc(F)cc1. The molecule has 214 valence electrons. The van der Waals surface area contributed by atoms with Gasteiger partial charge in [0, 0.05) is 24.7 Å². The number of benzene rings is 1. The molecule has 0 bridgehead atoms. The van der Waals surface area contributed by atoms with Crippen LogP contribution in [0.25, 0.3) is 10.2 Å². The van der Waals surface area contributed by atoms with Crippen LogP contribution in [-0.2, 0) is 11.2 Å². The molecule has 0 unspecified atom stereocenters. The number of rotatable bonds is 8. The van der Waals surface area contributed by atoms with E-state index in [-0.39, 0.29) is 38.1 Å². The Hall–Kier alpha value is -3.78. The lowest BCUT2D eigenvalue weighted by molar-refractivity contribution is -0.153. The van der Waals surface area contributed by atoms with Crippen molar-refractivity contribution < 1.29 is 41.8 Å². The quantitative estimate of drug-likeness (QED) is 0.347. The van der Waals surface area contributed by atoms with Gasteiger partial charge in [-0.15, -0.1) is 11.3 Å². The second-order valence-corrected chi connectivity index (χ2v) is 10.1. The molecule has 1 fully saturated rings. The van der Waals surface area contributed by atoms with Crippen LogP contribution in [0.4, 0.5) is 23.2 Å². The molecule has 1 aliphatic heterocycles. The van der Waals surface area contributed by atoms with Crippen LogP contribution in [0, 0.1) is 5.82 Å². The lowest BCUT2D eigenvalue weighted by Crippen LogP contribution is -2.47. The van der Waals surface area contributed by atoms with Gasteiger partial charge in [0.15, 0.2) is 12.4 Å². The molecule has 14 heteroatoms. The zero-order valence-electron chi connectivity index (χ0n) is 21.3. The number of hydrogen-bond acceptors (Lipinski definition) is 7. The number of aliphatic hydroxyl groups excluding tert-OH is 1. The third-order valence-corrected chi connectivity index (χ3v) is 7.39. The molecule has 1 saturated heterocycles. The molecular formula is C26H26F4N4O5S. The number of thiophene rings is 1. The molecule has 1 aliphatic rings. The Labute approximate surface area is 230 Å². The predicted molar refractivity (Wildman–Crippen MR) is 139 cm³/mol.